The van der Waals surface area contributed by atoms with E-state index in [2.05, 4.69) is 27.4 Å². The van der Waals surface area contributed by atoms with Gasteiger partial charge in [0.25, 0.3) is 0 Å². The Kier molecular flexibility index (Phi) is 2.56. The molecular formula is C10H11BrOS. The van der Waals surface area contributed by atoms with Crippen LogP contribution < -0.4 is 0 Å². The van der Waals surface area contributed by atoms with E-state index >= 15 is 0 Å². The van der Waals surface area contributed by atoms with Crippen molar-refractivity contribution in [3.05, 3.63) is 20.8 Å². The third-order valence-electron chi connectivity index (χ3n) is 2.84. The summed E-state index contributed by atoms with van der Waals surface area (Å²) in [4.78, 5) is 10.9. The summed E-state index contributed by atoms with van der Waals surface area (Å²) >= 11 is 5.19. The number of thiophene rings is 1. The average molecular weight is 259 g/mol. The van der Waals surface area contributed by atoms with Crippen molar-refractivity contribution in [2.75, 3.05) is 0 Å². The third kappa shape index (κ3) is 1.72. The molecule has 3 heteroatoms. The van der Waals surface area contributed by atoms with E-state index in [4.69, 9.17) is 0 Å². The van der Waals surface area contributed by atoms with Gasteiger partial charge in [-0.25, -0.2) is 0 Å². The lowest BCUT2D eigenvalue weighted by Crippen LogP contribution is -2.33. The molecular weight excluding hydrogens is 248 g/mol. The number of carbonyl (C=O) groups excluding carboxylic acids is 1. The Morgan fingerprint density at radius 1 is 1.62 bits per heavy atom. The second kappa shape index (κ2) is 3.54. The van der Waals surface area contributed by atoms with Crippen molar-refractivity contribution in [2.45, 2.75) is 25.7 Å². The summed E-state index contributed by atoms with van der Waals surface area (Å²) in [5, 5.41) is 2.07. The Bertz CT molecular complexity index is 314. The predicted molar refractivity (Wildman–Crippen MR) is 58.1 cm³/mol. The molecule has 0 radical (unpaired) electrons. The van der Waals surface area contributed by atoms with Gasteiger partial charge in [-0.3, -0.25) is 0 Å². The number of carbonyl (C=O) groups is 1. The van der Waals surface area contributed by atoms with Crippen LogP contribution in [0.25, 0.3) is 0 Å². The van der Waals surface area contributed by atoms with Gasteiger partial charge in [-0.2, -0.15) is 0 Å². The van der Waals surface area contributed by atoms with Crippen LogP contribution in [-0.2, 0) is 11.2 Å². The SMILES string of the molecule is O=CC1(Cc2ccsc2Br)CCC1. The molecule has 1 heterocycles. The molecule has 0 atom stereocenters. The minimum absolute atomic E-state index is 0.0242. The van der Waals surface area contributed by atoms with Crippen molar-refractivity contribution in [1.82, 2.24) is 0 Å². The normalized spacial score (nSPS) is 19.5. The molecule has 0 amide bonds. The van der Waals surface area contributed by atoms with E-state index in [0.29, 0.717) is 0 Å². The molecule has 2 rings (SSSR count). The molecule has 0 saturated heterocycles. The van der Waals surface area contributed by atoms with Crippen molar-refractivity contribution in [3.63, 3.8) is 0 Å². The van der Waals surface area contributed by atoms with E-state index in [1.165, 1.54) is 15.8 Å². The highest BCUT2D eigenvalue weighted by atomic mass is 79.9. The highest BCUT2D eigenvalue weighted by Gasteiger charge is 2.37. The zero-order valence-corrected chi connectivity index (χ0v) is 9.66. The van der Waals surface area contributed by atoms with E-state index in [0.717, 1.165) is 25.5 Å². The minimum Gasteiger partial charge on any atom is -0.303 e. The highest BCUT2D eigenvalue weighted by Crippen LogP contribution is 2.43. The van der Waals surface area contributed by atoms with E-state index in [9.17, 15) is 4.79 Å². The first kappa shape index (κ1) is 9.41. The molecule has 1 aliphatic carbocycles. The maximum Gasteiger partial charge on any atom is 0.126 e. The fraction of sp³-hybridized carbons (Fsp3) is 0.500. The summed E-state index contributed by atoms with van der Waals surface area (Å²) in [7, 11) is 0. The molecule has 1 aliphatic rings. The fourth-order valence-electron chi connectivity index (χ4n) is 1.79. The van der Waals surface area contributed by atoms with E-state index < -0.39 is 0 Å². The van der Waals surface area contributed by atoms with Gasteiger partial charge in [0.15, 0.2) is 0 Å². The van der Waals surface area contributed by atoms with Crippen LogP contribution in [-0.4, -0.2) is 6.29 Å². The van der Waals surface area contributed by atoms with Crippen molar-refractivity contribution in [3.8, 4) is 0 Å². The topological polar surface area (TPSA) is 17.1 Å². The van der Waals surface area contributed by atoms with Gasteiger partial charge in [-0.1, -0.05) is 6.42 Å². The summed E-state index contributed by atoms with van der Waals surface area (Å²) < 4.78 is 1.18. The summed E-state index contributed by atoms with van der Waals surface area (Å²) in [6, 6.07) is 2.11. The fourth-order valence-corrected chi connectivity index (χ4v) is 3.03. The summed E-state index contributed by atoms with van der Waals surface area (Å²) in [6.45, 7) is 0. The van der Waals surface area contributed by atoms with Gasteiger partial charge < -0.3 is 4.79 Å². The second-order valence-corrected chi connectivity index (χ2v) is 5.96. The van der Waals surface area contributed by atoms with Gasteiger partial charge in [0.2, 0.25) is 0 Å². The predicted octanol–water partition coefficient (Wildman–Crippen LogP) is 3.42. The van der Waals surface area contributed by atoms with Gasteiger partial charge >= 0.3 is 0 Å². The molecule has 0 bridgehead atoms. The second-order valence-electron chi connectivity index (χ2n) is 3.73. The zero-order chi connectivity index (χ0) is 9.31. The quantitative estimate of drug-likeness (QED) is 0.760. The van der Waals surface area contributed by atoms with Gasteiger partial charge in [0.1, 0.15) is 6.29 Å². The Morgan fingerprint density at radius 3 is 2.77 bits per heavy atom. The van der Waals surface area contributed by atoms with Crippen LogP contribution in [0.2, 0.25) is 0 Å². The first-order valence-electron chi connectivity index (χ1n) is 4.44. The van der Waals surface area contributed by atoms with E-state index in [1.54, 1.807) is 11.3 Å². The van der Waals surface area contributed by atoms with Crippen molar-refractivity contribution >= 4 is 33.6 Å². The average Bonchev–Trinajstić information content (AvgIpc) is 2.44. The van der Waals surface area contributed by atoms with Crippen LogP contribution in [0.1, 0.15) is 24.8 Å². The number of hydrogen-bond donors (Lipinski definition) is 0. The molecule has 0 spiro atoms. The molecule has 0 N–H and O–H groups in total. The first-order chi connectivity index (χ1) is 6.26. The lowest BCUT2D eigenvalue weighted by Gasteiger charge is -2.36. The molecule has 1 aromatic rings. The molecule has 1 nitrogen and oxygen atoms in total. The third-order valence-corrected chi connectivity index (χ3v) is 4.65. The maximum absolute atomic E-state index is 10.9. The first-order valence-corrected chi connectivity index (χ1v) is 6.11. The number of hydrogen-bond acceptors (Lipinski definition) is 2. The van der Waals surface area contributed by atoms with Crippen molar-refractivity contribution < 1.29 is 4.79 Å². The number of aldehydes is 1. The van der Waals surface area contributed by atoms with Gasteiger partial charge in [0.05, 0.1) is 3.79 Å². The van der Waals surface area contributed by atoms with Crippen LogP contribution in [0.3, 0.4) is 0 Å². The highest BCUT2D eigenvalue weighted by molar-refractivity contribution is 9.11. The molecule has 70 valence electrons. The molecule has 0 aliphatic heterocycles. The van der Waals surface area contributed by atoms with Crippen LogP contribution in [0.15, 0.2) is 15.2 Å². The maximum atomic E-state index is 10.9. The lowest BCUT2D eigenvalue weighted by molar-refractivity contribution is -0.120. The van der Waals surface area contributed by atoms with E-state index in [-0.39, 0.29) is 5.41 Å². The molecule has 0 aromatic carbocycles. The molecule has 0 unspecified atom stereocenters. The van der Waals surface area contributed by atoms with Crippen LogP contribution in [0, 0.1) is 5.41 Å². The molecule has 1 aromatic heterocycles. The monoisotopic (exact) mass is 258 g/mol. The number of rotatable bonds is 3. The summed E-state index contributed by atoms with van der Waals surface area (Å²) in [5.74, 6) is 0. The number of halogens is 1. The Balaban J connectivity index is 2.13. The van der Waals surface area contributed by atoms with Crippen LogP contribution in [0.4, 0.5) is 0 Å². The van der Waals surface area contributed by atoms with Crippen molar-refractivity contribution in [2.24, 2.45) is 5.41 Å². The summed E-state index contributed by atoms with van der Waals surface area (Å²) in [5.41, 5.74) is 1.26. The molecule has 1 fully saturated rings. The van der Waals surface area contributed by atoms with Crippen molar-refractivity contribution in [1.29, 1.82) is 0 Å². The minimum atomic E-state index is -0.0242. The Labute approximate surface area is 90.3 Å². The molecule has 13 heavy (non-hydrogen) atoms. The zero-order valence-electron chi connectivity index (χ0n) is 7.25. The molecule has 1 saturated carbocycles. The largest absolute Gasteiger partial charge is 0.303 e. The van der Waals surface area contributed by atoms with Gasteiger partial charge in [-0.15, -0.1) is 11.3 Å². The Morgan fingerprint density at radius 2 is 2.38 bits per heavy atom. The van der Waals surface area contributed by atoms with Gasteiger partial charge in [0, 0.05) is 5.41 Å². The van der Waals surface area contributed by atoms with Crippen LogP contribution >= 0.6 is 27.3 Å². The summed E-state index contributed by atoms with van der Waals surface area (Å²) in [6.07, 6.45) is 5.42. The Hall–Kier alpha value is -0.150. The standard InChI is InChI=1S/C10H11BrOS/c11-9-8(2-5-13-9)6-10(7-12)3-1-4-10/h2,5,7H,1,3-4,6H2. The smallest absolute Gasteiger partial charge is 0.126 e. The van der Waals surface area contributed by atoms with Gasteiger partial charge in [-0.05, 0) is 52.2 Å². The lowest BCUT2D eigenvalue weighted by atomic mass is 9.67. The van der Waals surface area contributed by atoms with E-state index in [1.807, 2.05) is 0 Å². The van der Waals surface area contributed by atoms with Crippen LogP contribution in [0.5, 0.6) is 0 Å².